The molecule has 9 heteroatoms. The first kappa shape index (κ1) is 19.4. The highest BCUT2D eigenvalue weighted by Crippen LogP contribution is 2.07. The van der Waals surface area contributed by atoms with Crippen molar-refractivity contribution in [3.8, 4) is 0 Å². The average Bonchev–Trinajstić information content (AvgIpc) is 2.47. The zero-order valence-corrected chi connectivity index (χ0v) is 12.6. The van der Waals surface area contributed by atoms with Gasteiger partial charge in [0.2, 0.25) is 0 Å². The van der Waals surface area contributed by atoms with Gasteiger partial charge in [-0.3, -0.25) is 0 Å². The zero-order chi connectivity index (χ0) is 16.3. The molecule has 1 aromatic heterocycles. The van der Waals surface area contributed by atoms with Gasteiger partial charge < -0.3 is 4.55 Å². The third-order valence-corrected chi connectivity index (χ3v) is 3.18. The van der Waals surface area contributed by atoms with E-state index in [1.54, 1.807) is 25.4 Å². The Labute approximate surface area is 125 Å². The lowest BCUT2D eigenvalue weighted by Gasteiger charge is -1.90. The van der Waals surface area contributed by atoms with Crippen LogP contribution in [-0.2, 0) is 20.0 Å². The normalized spacial score (nSPS) is 12.0. The molecule has 1 heterocycles. The fourth-order valence-electron chi connectivity index (χ4n) is 0.731. The Morgan fingerprint density at radius 1 is 1.14 bits per heavy atom. The number of halogens is 3. The maximum absolute atomic E-state index is 12.0. The number of aromatic nitrogens is 2. The van der Waals surface area contributed by atoms with Gasteiger partial charge in [0.25, 0.3) is 0 Å². The van der Waals surface area contributed by atoms with E-state index in [4.69, 9.17) is 4.55 Å². The predicted molar refractivity (Wildman–Crippen MR) is 77.0 cm³/mol. The van der Waals surface area contributed by atoms with Crippen molar-refractivity contribution in [3.63, 3.8) is 0 Å². The van der Waals surface area contributed by atoms with E-state index in [1.807, 2.05) is 0 Å². The molecule has 0 saturated carbocycles. The predicted octanol–water partition coefficient (Wildman–Crippen LogP) is 2.81. The SMILES string of the molecule is CCS(=O)(O)=S.Fc1cccc(F)c1F.c1cncnc1. The van der Waals surface area contributed by atoms with Crippen LogP contribution in [0.3, 0.4) is 0 Å². The zero-order valence-electron chi connectivity index (χ0n) is 10.9. The summed E-state index contributed by atoms with van der Waals surface area (Å²) in [5, 5.41) is 0. The van der Waals surface area contributed by atoms with Crippen LogP contribution in [0.15, 0.2) is 43.0 Å². The largest absolute Gasteiger partial charge is 0.306 e. The second-order valence-corrected chi connectivity index (χ2v) is 6.61. The van der Waals surface area contributed by atoms with E-state index < -0.39 is 26.2 Å². The Balaban J connectivity index is 0.000000297. The molecule has 0 amide bonds. The highest BCUT2D eigenvalue weighted by atomic mass is 32.8. The van der Waals surface area contributed by atoms with Crippen LogP contribution in [-0.4, -0.2) is 24.5 Å². The van der Waals surface area contributed by atoms with Crippen LogP contribution < -0.4 is 0 Å². The molecule has 1 N–H and O–H groups in total. The van der Waals surface area contributed by atoms with Gasteiger partial charge in [0.15, 0.2) is 17.5 Å². The molecule has 1 atom stereocenters. The minimum absolute atomic E-state index is 0.169. The average molecular weight is 338 g/mol. The molecule has 0 aliphatic carbocycles. The Bertz CT molecular complexity index is 579. The highest BCUT2D eigenvalue weighted by Gasteiger charge is 2.04. The van der Waals surface area contributed by atoms with E-state index in [-0.39, 0.29) is 5.75 Å². The Kier molecular flexibility index (Phi) is 9.42. The van der Waals surface area contributed by atoms with Gasteiger partial charge in [-0.05, 0) is 18.2 Å². The van der Waals surface area contributed by atoms with Crippen molar-refractivity contribution in [3.05, 3.63) is 60.4 Å². The van der Waals surface area contributed by atoms with Crippen molar-refractivity contribution in [1.82, 2.24) is 9.97 Å². The Hall–Kier alpha value is -1.58. The van der Waals surface area contributed by atoms with Gasteiger partial charge >= 0.3 is 0 Å². The van der Waals surface area contributed by atoms with Crippen molar-refractivity contribution >= 4 is 20.0 Å². The Morgan fingerprint density at radius 2 is 1.57 bits per heavy atom. The van der Waals surface area contributed by atoms with Crippen molar-refractivity contribution < 1.29 is 21.9 Å². The first-order chi connectivity index (χ1) is 9.78. The van der Waals surface area contributed by atoms with Crippen molar-refractivity contribution in [2.45, 2.75) is 6.92 Å². The molecule has 1 unspecified atom stereocenters. The minimum Gasteiger partial charge on any atom is -0.306 e. The molecule has 4 nitrogen and oxygen atoms in total. The molecule has 116 valence electrons. The fourth-order valence-corrected chi connectivity index (χ4v) is 0.731. The quantitative estimate of drug-likeness (QED) is 0.810. The maximum atomic E-state index is 12.0. The number of hydrogen-bond donors (Lipinski definition) is 1. The third-order valence-electron chi connectivity index (χ3n) is 1.75. The van der Waals surface area contributed by atoms with E-state index in [9.17, 15) is 17.4 Å². The monoisotopic (exact) mass is 338 g/mol. The molecule has 0 saturated heterocycles. The maximum Gasteiger partial charge on any atom is 0.194 e. The second kappa shape index (κ2) is 10.2. The topological polar surface area (TPSA) is 63.1 Å². The van der Waals surface area contributed by atoms with Gasteiger partial charge in [-0.15, -0.1) is 0 Å². The van der Waals surface area contributed by atoms with E-state index >= 15 is 0 Å². The summed E-state index contributed by atoms with van der Waals surface area (Å²) in [6.07, 6.45) is 4.88. The number of nitrogens with zero attached hydrogens (tertiary/aromatic N) is 2. The highest BCUT2D eigenvalue weighted by molar-refractivity contribution is 8.29. The van der Waals surface area contributed by atoms with Gasteiger partial charge in [-0.2, -0.15) is 0 Å². The molecular formula is C12H13F3N2O2S2. The molecule has 2 rings (SSSR count). The molecule has 0 radical (unpaired) electrons. The molecular weight excluding hydrogens is 325 g/mol. The van der Waals surface area contributed by atoms with Crippen molar-refractivity contribution in [2.24, 2.45) is 0 Å². The Morgan fingerprint density at radius 3 is 1.76 bits per heavy atom. The molecule has 0 spiro atoms. The summed E-state index contributed by atoms with van der Waals surface area (Å²) in [6.45, 7) is 1.58. The molecule has 0 fully saturated rings. The van der Waals surface area contributed by atoms with Crippen LogP contribution in [0, 0.1) is 17.5 Å². The van der Waals surface area contributed by atoms with Crippen molar-refractivity contribution in [1.29, 1.82) is 0 Å². The van der Waals surface area contributed by atoms with E-state index in [0.717, 1.165) is 18.2 Å². The summed E-state index contributed by atoms with van der Waals surface area (Å²) in [5.74, 6) is -3.56. The standard InChI is InChI=1S/C6H3F3.C4H4N2.C2H6O2S2/c7-4-2-1-3-5(8)6(4)9;1-2-5-4-6-3-1;1-2-6(3,4)5/h1-3H;1-4H;2H2,1H3,(H,3,4,5). The van der Waals surface area contributed by atoms with Crippen LogP contribution >= 0.6 is 0 Å². The van der Waals surface area contributed by atoms with Crippen LogP contribution in [0.4, 0.5) is 13.2 Å². The lowest BCUT2D eigenvalue weighted by molar-refractivity contribution is 0.447. The summed E-state index contributed by atoms with van der Waals surface area (Å²) in [5.41, 5.74) is 0. The summed E-state index contributed by atoms with van der Waals surface area (Å²) < 4.78 is 54.0. The van der Waals surface area contributed by atoms with Crippen LogP contribution in [0.1, 0.15) is 6.92 Å². The molecule has 0 aliphatic rings. The first-order valence-electron chi connectivity index (χ1n) is 5.52. The lowest BCUT2D eigenvalue weighted by atomic mass is 10.3. The van der Waals surface area contributed by atoms with Crippen LogP contribution in [0.2, 0.25) is 0 Å². The van der Waals surface area contributed by atoms with Gasteiger partial charge in [0.05, 0.1) is 0 Å². The summed E-state index contributed by atoms with van der Waals surface area (Å²) in [4.78, 5) is 7.35. The van der Waals surface area contributed by atoms with Gasteiger partial charge in [-0.1, -0.05) is 13.0 Å². The minimum atomic E-state index is -2.83. The lowest BCUT2D eigenvalue weighted by Crippen LogP contribution is -1.95. The molecule has 0 bridgehead atoms. The second-order valence-electron chi connectivity index (χ2n) is 3.31. The molecule has 21 heavy (non-hydrogen) atoms. The molecule has 0 aliphatic heterocycles. The number of hydrogen-bond acceptors (Lipinski definition) is 4. The number of rotatable bonds is 1. The van der Waals surface area contributed by atoms with Gasteiger partial charge in [-0.25, -0.2) is 27.3 Å². The molecule has 1 aromatic carbocycles. The van der Waals surface area contributed by atoms with Gasteiger partial charge in [0.1, 0.15) is 15.1 Å². The smallest absolute Gasteiger partial charge is 0.194 e. The van der Waals surface area contributed by atoms with E-state index in [0.29, 0.717) is 0 Å². The number of benzene rings is 1. The summed E-state index contributed by atoms with van der Waals surface area (Å²) in [7, 11) is -2.83. The van der Waals surface area contributed by atoms with Crippen molar-refractivity contribution in [2.75, 3.05) is 5.75 Å². The first-order valence-corrected chi connectivity index (χ1v) is 8.13. The third kappa shape index (κ3) is 10.8. The summed E-state index contributed by atoms with van der Waals surface area (Å²) in [6, 6.07) is 4.60. The van der Waals surface area contributed by atoms with Crippen LogP contribution in [0.5, 0.6) is 0 Å². The van der Waals surface area contributed by atoms with E-state index in [1.165, 1.54) is 6.33 Å². The fraction of sp³-hybridized carbons (Fsp3) is 0.167. The van der Waals surface area contributed by atoms with E-state index in [2.05, 4.69) is 21.2 Å². The summed E-state index contributed by atoms with van der Waals surface area (Å²) >= 11 is 4.07. The van der Waals surface area contributed by atoms with Crippen LogP contribution in [0.25, 0.3) is 0 Å². The molecule has 2 aromatic rings. The van der Waals surface area contributed by atoms with Gasteiger partial charge in [0, 0.05) is 29.3 Å².